The molecular weight excluding hydrogens is 557 g/mol. The minimum Gasteiger partial charge on any atom is -0.495 e. The molecule has 0 aliphatic heterocycles. The van der Waals surface area contributed by atoms with Gasteiger partial charge in [-0.3, -0.25) is 13.9 Å². The first kappa shape index (κ1) is 30.9. The maximum absolute atomic E-state index is 14.0. The van der Waals surface area contributed by atoms with Gasteiger partial charge in [0.1, 0.15) is 24.2 Å². The SMILES string of the molecule is CCCNC(=O)C(CC)N(Cc1ccc(F)cc1)C(=O)CN(c1cc(Cl)ccc1OC)S(=O)(=O)c1ccccc1. The molecular formula is C29H33ClFN3O5S. The Morgan fingerprint density at radius 2 is 1.70 bits per heavy atom. The first-order valence-corrected chi connectivity index (χ1v) is 14.7. The van der Waals surface area contributed by atoms with Crippen LogP contribution in [0.2, 0.25) is 5.02 Å². The maximum atomic E-state index is 14.0. The molecule has 0 bridgehead atoms. The molecule has 0 aromatic heterocycles. The molecule has 0 spiro atoms. The summed E-state index contributed by atoms with van der Waals surface area (Å²) < 4.78 is 47.8. The average molecular weight is 590 g/mol. The lowest BCUT2D eigenvalue weighted by Gasteiger charge is -2.33. The number of nitrogens with zero attached hydrogens (tertiary/aromatic N) is 2. The maximum Gasteiger partial charge on any atom is 0.264 e. The van der Waals surface area contributed by atoms with Crippen LogP contribution in [-0.4, -0.2) is 51.4 Å². The van der Waals surface area contributed by atoms with E-state index < -0.39 is 34.3 Å². The Hall–Kier alpha value is -3.63. The molecule has 0 fully saturated rings. The van der Waals surface area contributed by atoms with Crippen molar-refractivity contribution >= 4 is 39.1 Å². The zero-order chi connectivity index (χ0) is 29.3. The number of carbonyl (C=O) groups excluding carboxylic acids is 2. The average Bonchev–Trinajstić information content (AvgIpc) is 2.95. The fourth-order valence-corrected chi connectivity index (χ4v) is 5.77. The van der Waals surface area contributed by atoms with Crippen LogP contribution >= 0.6 is 11.6 Å². The number of methoxy groups -OCH3 is 1. The third-order valence-electron chi connectivity index (χ3n) is 6.22. The molecule has 2 amide bonds. The predicted molar refractivity (Wildman–Crippen MR) is 153 cm³/mol. The van der Waals surface area contributed by atoms with Crippen molar-refractivity contribution in [2.24, 2.45) is 0 Å². The molecule has 1 atom stereocenters. The fourth-order valence-electron chi connectivity index (χ4n) is 4.16. The third-order valence-corrected chi connectivity index (χ3v) is 8.23. The Bertz CT molecular complexity index is 1400. The van der Waals surface area contributed by atoms with E-state index in [2.05, 4.69) is 5.32 Å². The molecule has 8 nitrogen and oxygen atoms in total. The largest absolute Gasteiger partial charge is 0.495 e. The highest BCUT2D eigenvalue weighted by Crippen LogP contribution is 2.35. The van der Waals surface area contributed by atoms with Crippen molar-refractivity contribution in [3.63, 3.8) is 0 Å². The van der Waals surface area contributed by atoms with E-state index in [1.54, 1.807) is 31.2 Å². The summed E-state index contributed by atoms with van der Waals surface area (Å²) >= 11 is 6.24. The smallest absolute Gasteiger partial charge is 0.264 e. The lowest BCUT2D eigenvalue weighted by Crippen LogP contribution is -2.52. The Morgan fingerprint density at radius 1 is 1.02 bits per heavy atom. The van der Waals surface area contributed by atoms with Gasteiger partial charge < -0.3 is 15.0 Å². The van der Waals surface area contributed by atoms with E-state index in [1.807, 2.05) is 6.92 Å². The van der Waals surface area contributed by atoms with E-state index in [0.29, 0.717) is 18.5 Å². The number of rotatable bonds is 13. The van der Waals surface area contributed by atoms with Gasteiger partial charge in [-0.05, 0) is 60.9 Å². The van der Waals surface area contributed by atoms with Crippen LogP contribution < -0.4 is 14.4 Å². The molecule has 40 heavy (non-hydrogen) atoms. The van der Waals surface area contributed by atoms with E-state index >= 15 is 0 Å². The van der Waals surface area contributed by atoms with Gasteiger partial charge in [-0.25, -0.2) is 12.8 Å². The summed E-state index contributed by atoms with van der Waals surface area (Å²) in [5, 5.41) is 3.06. The van der Waals surface area contributed by atoms with Crippen LogP contribution in [0, 0.1) is 5.82 Å². The standard InChI is InChI=1S/C29H33ClFN3O5S/c1-4-17-32-29(36)25(5-2)33(19-21-11-14-23(31)15-12-21)28(35)20-34(26-18-22(30)13-16-27(26)39-3)40(37,38)24-9-7-6-8-10-24/h6-16,18,25H,4-5,17,19-20H2,1-3H3,(H,32,36). The van der Waals surface area contributed by atoms with Crippen molar-refractivity contribution in [3.05, 3.63) is 89.2 Å². The molecule has 11 heteroatoms. The fraction of sp³-hybridized carbons (Fsp3) is 0.310. The number of carbonyl (C=O) groups is 2. The second-order valence-corrected chi connectivity index (χ2v) is 11.3. The minimum absolute atomic E-state index is 0.0386. The Labute approximate surface area is 239 Å². The van der Waals surface area contributed by atoms with Crippen LogP contribution in [0.1, 0.15) is 32.3 Å². The van der Waals surface area contributed by atoms with Gasteiger partial charge in [0.05, 0.1) is 17.7 Å². The second kappa shape index (κ2) is 14.1. The highest BCUT2D eigenvalue weighted by Gasteiger charge is 2.34. The van der Waals surface area contributed by atoms with Crippen LogP contribution in [-0.2, 0) is 26.2 Å². The number of sulfonamides is 1. The molecule has 1 unspecified atom stereocenters. The van der Waals surface area contributed by atoms with Gasteiger partial charge in [0, 0.05) is 18.1 Å². The molecule has 1 N–H and O–H groups in total. The van der Waals surface area contributed by atoms with Crippen molar-refractivity contribution in [1.29, 1.82) is 0 Å². The van der Waals surface area contributed by atoms with Crippen LogP contribution in [0.15, 0.2) is 77.7 Å². The van der Waals surface area contributed by atoms with Crippen LogP contribution in [0.25, 0.3) is 0 Å². The van der Waals surface area contributed by atoms with Crippen molar-refractivity contribution in [2.75, 3.05) is 24.5 Å². The topological polar surface area (TPSA) is 96.0 Å². The van der Waals surface area contributed by atoms with E-state index in [4.69, 9.17) is 16.3 Å². The summed E-state index contributed by atoms with van der Waals surface area (Å²) in [6, 6.07) is 16.8. The number of halogens is 2. The third kappa shape index (κ3) is 7.51. The van der Waals surface area contributed by atoms with Crippen LogP contribution in [0.3, 0.4) is 0 Å². The summed E-state index contributed by atoms with van der Waals surface area (Å²) in [4.78, 5) is 28.4. The predicted octanol–water partition coefficient (Wildman–Crippen LogP) is 5.02. The van der Waals surface area contributed by atoms with Gasteiger partial charge in [-0.2, -0.15) is 0 Å². The number of hydrogen-bond donors (Lipinski definition) is 1. The lowest BCUT2D eigenvalue weighted by atomic mass is 10.1. The number of anilines is 1. The molecule has 0 aliphatic rings. The molecule has 3 aromatic carbocycles. The quantitative estimate of drug-likeness (QED) is 0.302. The summed E-state index contributed by atoms with van der Waals surface area (Å²) in [6.45, 7) is 3.41. The van der Waals surface area contributed by atoms with Crippen molar-refractivity contribution in [3.8, 4) is 5.75 Å². The van der Waals surface area contributed by atoms with Crippen molar-refractivity contribution in [2.45, 2.75) is 44.2 Å². The van der Waals surface area contributed by atoms with E-state index in [9.17, 15) is 22.4 Å². The number of benzene rings is 3. The summed E-state index contributed by atoms with van der Waals surface area (Å²) in [5.41, 5.74) is 0.645. The van der Waals surface area contributed by atoms with E-state index in [1.165, 1.54) is 60.5 Å². The molecule has 3 rings (SSSR count). The van der Waals surface area contributed by atoms with Crippen LogP contribution in [0.5, 0.6) is 5.75 Å². The number of hydrogen-bond acceptors (Lipinski definition) is 5. The molecule has 0 saturated heterocycles. The zero-order valence-corrected chi connectivity index (χ0v) is 24.2. The molecule has 214 valence electrons. The number of ether oxygens (including phenoxy) is 1. The van der Waals surface area contributed by atoms with Gasteiger partial charge in [0.2, 0.25) is 11.8 Å². The first-order valence-electron chi connectivity index (χ1n) is 12.8. The van der Waals surface area contributed by atoms with Crippen molar-refractivity contribution in [1.82, 2.24) is 10.2 Å². The Kier molecular flexibility index (Phi) is 10.9. The Balaban J connectivity index is 2.10. The molecule has 0 aliphatic carbocycles. The summed E-state index contributed by atoms with van der Waals surface area (Å²) in [5.74, 6) is -1.25. The lowest BCUT2D eigenvalue weighted by molar-refractivity contribution is -0.140. The normalized spacial score (nSPS) is 11.9. The number of amides is 2. The van der Waals surface area contributed by atoms with E-state index in [0.717, 1.165) is 4.31 Å². The molecule has 3 aromatic rings. The van der Waals surface area contributed by atoms with Crippen LogP contribution in [0.4, 0.5) is 10.1 Å². The first-order chi connectivity index (χ1) is 19.1. The van der Waals surface area contributed by atoms with Crippen molar-refractivity contribution < 1.29 is 27.1 Å². The van der Waals surface area contributed by atoms with Gasteiger partial charge in [-0.1, -0.05) is 55.8 Å². The van der Waals surface area contributed by atoms with Gasteiger partial charge >= 0.3 is 0 Å². The highest BCUT2D eigenvalue weighted by atomic mass is 35.5. The molecule has 0 heterocycles. The van der Waals surface area contributed by atoms with Gasteiger partial charge in [-0.15, -0.1) is 0 Å². The zero-order valence-electron chi connectivity index (χ0n) is 22.6. The second-order valence-electron chi connectivity index (χ2n) is 9.00. The highest BCUT2D eigenvalue weighted by molar-refractivity contribution is 7.92. The summed E-state index contributed by atoms with van der Waals surface area (Å²) in [7, 11) is -2.90. The van der Waals surface area contributed by atoms with Gasteiger partial charge in [0.25, 0.3) is 10.0 Å². The number of nitrogens with one attached hydrogen (secondary N) is 1. The van der Waals surface area contributed by atoms with Gasteiger partial charge in [0.15, 0.2) is 0 Å². The van der Waals surface area contributed by atoms with E-state index in [-0.39, 0.29) is 40.2 Å². The minimum atomic E-state index is -4.28. The Morgan fingerprint density at radius 3 is 2.30 bits per heavy atom. The molecule has 0 saturated carbocycles. The molecule has 0 radical (unpaired) electrons. The monoisotopic (exact) mass is 589 g/mol. The summed E-state index contributed by atoms with van der Waals surface area (Å²) in [6.07, 6.45) is 0.972.